The van der Waals surface area contributed by atoms with E-state index >= 15 is 0 Å². The van der Waals surface area contributed by atoms with E-state index in [1.165, 1.54) is 0 Å². The summed E-state index contributed by atoms with van der Waals surface area (Å²) in [6.07, 6.45) is 4.44. The van der Waals surface area contributed by atoms with Gasteiger partial charge in [0, 0.05) is 44.1 Å². The van der Waals surface area contributed by atoms with Crippen LogP contribution in [0.4, 0.5) is 11.8 Å². The van der Waals surface area contributed by atoms with Crippen molar-refractivity contribution < 1.29 is 14.6 Å². The first-order valence-electron chi connectivity index (χ1n) is 9.82. The largest absolute Gasteiger partial charge is 0.481 e. The minimum absolute atomic E-state index is 0.197. The van der Waals surface area contributed by atoms with E-state index in [0.717, 1.165) is 24.8 Å². The Bertz CT molecular complexity index is 898. The molecule has 0 unspecified atom stereocenters. The van der Waals surface area contributed by atoms with Gasteiger partial charge < -0.3 is 25.2 Å². The van der Waals surface area contributed by atoms with E-state index in [9.17, 15) is 5.11 Å². The summed E-state index contributed by atoms with van der Waals surface area (Å²) in [6.45, 7) is 1.28. The fourth-order valence-electron chi connectivity index (χ4n) is 3.27. The van der Waals surface area contributed by atoms with E-state index in [1.807, 2.05) is 6.07 Å². The van der Waals surface area contributed by atoms with Crippen molar-refractivity contribution in [3.05, 3.63) is 34.6 Å². The second kappa shape index (κ2) is 11.0. The van der Waals surface area contributed by atoms with Crippen LogP contribution in [0, 0.1) is 17.8 Å². The molecule has 0 aliphatic heterocycles. The third-order valence-corrected chi connectivity index (χ3v) is 5.15. The topological polar surface area (TPSA) is 101 Å². The zero-order chi connectivity index (χ0) is 21.3. The summed E-state index contributed by atoms with van der Waals surface area (Å²) in [5.74, 6) is 7.95. The molecule has 2 heterocycles. The van der Waals surface area contributed by atoms with Crippen molar-refractivity contribution in [2.75, 3.05) is 44.6 Å². The predicted octanol–water partition coefficient (Wildman–Crippen LogP) is 2.56. The van der Waals surface area contributed by atoms with Crippen LogP contribution in [0.5, 0.6) is 5.88 Å². The lowest BCUT2D eigenvalue weighted by atomic mass is 10.1. The predicted molar refractivity (Wildman–Crippen MR) is 116 cm³/mol. The summed E-state index contributed by atoms with van der Waals surface area (Å²) in [4.78, 5) is 13.1. The summed E-state index contributed by atoms with van der Waals surface area (Å²) in [7, 11) is 3.20. The fraction of sp³-hybridized carbons (Fsp3) is 0.476. The summed E-state index contributed by atoms with van der Waals surface area (Å²) in [5.41, 5.74) is 1.25. The summed E-state index contributed by atoms with van der Waals surface area (Å²) in [6, 6.07) is 3.77. The minimum Gasteiger partial charge on any atom is -0.481 e. The number of aliphatic hydroxyl groups excluding tert-OH is 1. The molecule has 0 radical (unpaired) electrons. The highest BCUT2D eigenvalue weighted by Crippen LogP contribution is 2.30. The molecule has 0 bridgehead atoms. The van der Waals surface area contributed by atoms with Gasteiger partial charge in [-0.25, -0.2) is 4.98 Å². The molecule has 3 N–H and O–H groups in total. The maximum atomic E-state index is 9.43. The lowest BCUT2D eigenvalue weighted by molar-refractivity contribution is 0.210. The Morgan fingerprint density at radius 1 is 1.23 bits per heavy atom. The Hall–Kier alpha value is -2.60. The van der Waals surface area contributed by atoms with E-state index in [2.05, 4.69) is 37.4 Å². The van der Waals surface area contributed by atoms with Gasteiger partial charge in [0.25, 0.3) is 0 Å². The van der Waals surface area contributed by atoms with Crippen molar-refractivity contribution in [3.63, 3.8) is 0 Å². The number of methoxy groups -OCH3 is 2. The van der Waals surface area contributed by atoms with Crippen molar-refractivity contribution in [2.45, 2.75) is 25.3 Å². The molecule has 30 heavy (non-hydrogen) atoms. The Labute approximate surface area is 181 Å². The maximum absolute atomic E-state index is 9.43. The van der Waals surface area contributed by atoms with E-state index in [1.54, 1.807) is 26.5 Å². The van der Waals surface area contributed by atoms with Crippen molar-refractivity contribution in [1.29, 1.82) is 0 Å². The van der Waals surface area contributed by atoms with Crippen molar-refractivity contribution >= 4 is 23.4 Å². The number of pyridine rings is 1. The second-order valence-corrected chi connectivity index (χ2v) is 7.38. The van der Waals surface area contributed by atoms with E-state index in [-0.39, 0.29) is 17.8 Å². The van der Waals surface area contributed by atoms with Gasteiger partial charge in [-0.05, 0) is 31.2 Å². The molecule has 1 aliphatic rings. The maximum Gasteiger partial charge on any atom is 0.226 e. The van der Waals surface area contributed by atoms with Crippen LogP contribution in [0.25, 0.3) is 0 Å². The van der Waals surface area contributed by atoms with E-state index < -0.39 is 0 Å². The Kier molecular flexibility index (Phi) is 8.08. The Balaban J connectivity index is 1.86. The quantitative estimate of drug-likeness (QED) is 0.333. The molecule has 2 aromatic rings. The number of rotatable bonds is 8. The summed E-state index contributed by atoms with van der Waals surface area (Å²) < 4.78 is 10.1. The second-order valence-electron chi connectivity index (χ2n) is 7.02. The number of nitrogens with one attached hydrogen (secondary N) is 2. The summed E-state index contributed by atoms with van der Waals surface area (Å²) >= 11 is 6.46. The van der Waals surface area contributed by atoms with Crippen LogP contribution in [-0.2, 0) is 4.74 Å². The summed E-state index contributed by atoms with van der Waals surface area (Å²) in [5, 5.41) is 16.2. The highest BCUT2D eigenvalue weighted by molar-refractivity contribution is 6.31. The number of aliphatic hydroxyl groups is 1. The fourth-order valence-corrected chi connectivity index (χ4v) is 3.48. The van der Waals surface area contributed by atoms with Crippen LogP contribution in [0.2, 0.25) is 5.15 Å². The van der Waals surface area contributed by atoms with Crippen LogP contribution in [0.3, 0.4) is 0 Å². The molecule has 0 aromatic carbocycles. The molecule has 2 atom stereocenters. The first kappa shape index (κ1) is 22.1. The molecule has 160 valence electrons. The van der Waals surface area contributed by atoms with Gasteiger partial charge >= 0.3 is 0 Å². The standard InChI is InChI=1S/C21H26ClN5O3/c1-29-10-9-23-21-26-19(22)17(7-4-14-5-8-18(30-2)24-12-14)20(27-21)25-16-6-3-15(11-16)13-28/h5,8,12,15-16,28H,3,6,9-11,13H2,1-2H3,(H2,23,25,26,27)/t15-,16+/m1/s1. The molecular formula is C21H26ClN5O3. The third kappa shape index (κ3) is 5.95. The lowest BCUT2D eigenvalue weighted by Gasteiger charge is -2.16. The number of hydrogen-bond donors (Lipinski definition) is 3. The molecular weight excluding hydrogens is 406 g/mol. The molecule has 8 nitrogen and oxygen atoms in total. The molecule has 9 heteroatoms. The van der Waals surface area contributed by atoms with Gasteiger partial charge in [0.15, 0.2) is 5.15 Å². The van der Waals surface area contributed by atoms with Crippen LogP contribution in [-0.4, -0.2) is 60.1 Å². The van der Waals surface area contributed by atoms with Gasteiger partial charge in [-0.1, -0.05) is 23.4 Å². The van der Waals surface area contributed by atoms with E-state index in [4.69, 9.17) is 21.1 Å². The smallest absolute Gasteiger partial charge is 0.226 e. The average molecular weight is 432 g/mol. The minimum atomic E-state index is 0.197. The van der Waals surface area contributed by atoms with Crippen LogP contribution in [0.15, 0.2) is 18.3 Å². The molecule has 3 rings (SSSR count). The first-order chi connectivity index (χ1) is 14.6. The van der Waals surface area contributed by atoms with Crippen LogP contribution >= 0.6 is 11.6 Å². The van der Waals surface area contributed by atoms with E-state index in [0.29, 0.717) is 42.3 Å². The highest BCUT2D eigenvalue weighted by Gasteiger charge is 2.25. The van der Waals surface area contributed by atoms with Crippen molar-refractivity contribution in [2.24, 2.45) is 5.92 Å². The SMILES string of the molecule is COCCNc1nc(Cl)c(C#Cc2ccc(OC)nc2)c(N[C@H]2CC[C@@H](CO)C2)n1. The van der Waals surface area contributed by atoms with Gasteiger partial charge in [0.1, 0.15) is 11.4 Å². The number of anilines is 2. The zero-order valence-electron chi connectivity index (χ0n) is 17.1. The number of halogens is 1. The molecule has 0 amide bonds. The number of nitrogens with zero attached hydrogens (tertiary/aromatic N) is 3. The number of aromatic nitrogens is 3. The molecule has 1 aliphatic carbocycles. The zero-order valence-corrected chi connectivity index (χ0v) is 17.9. The lowest BCUT2D eigenvalue weighted by Crippen LogP contribution is -2.19. The number of ether oxygens (including phenoxy) is 2. The van der Waals surface area contributed by atoms with Gasteiger partial charge in [-0.2, -0.15) is 9.97 Å². The highest BCUT2D eigenvalue weighted by atomic mass is 35.5. The van der Waals surface area contributed by atoms with Crippen LogP contribution in [0.1, 0.15) is 30.4 Å². The first-order valence-corrected chi connectivity index (χ1v) is 10.2. The Morgan fingerprint density at radius 3 is 2.77 bits per heavy atom. The number of hydrogen-bond acceptors (Lipinski definition) is 8. The normalized spacial score (nSPS) is 17.9. The van der Waals surface area contributed by atoms with Gasteiger partial charge in [0.2, 0.25) is 11.8 Å². The molecule has 2 aromatic heterocycles. The molecule has 1 fully saturated rings. The third-order valence-electron chi connectivity index (χ3n) is 4.87. The Morgan fingerprint density at radius 2 is 2.10 bits per heavy atom. The molecule has 0 saturated heterocycles. The van der Waals surface area contributed by atoms with Crippen molar-refractivity contribution in [3.8, 4) is 17.7 Å². The van der Waals surface area contributed by atoms with Gasteiger partial charge in [-0.15, -0.1) is 0 Å². The molecule has 0 spiro atoms. The van der Waals surface area contributed by atoms with Gasteiger partial charge in [-0.3, -0.25) is 0 Å². The van der Waals surface area contributed by atoms with Crippen molar-refractivity contribution in [1.82, 2.24) is 15.0 Å². The van der Waals surface area contributed by atoms with Crippen LogP contribution < -0.4 is 15.4 Å². The van der Waals surface area contributed by atoms with Gasteiger partial charge in [0.05, 0.1) is 13.7 Å². The monoisotopic (exact) mass is 431 g/mol. The average Bonchev–Trinajstić information content (AvgIpc) is 3.21. The molecule has 1 saturated carbocycles.